The number of alkyl halides is 4. The molecule has 0 aromatic rings. The van der Waals surface area contributed by atoms with Gasteiger partial charge in [-0.15, -0.1) is 0 Å². The summed E-state index contributed by atoms with van der Waals surface area (Å²) in [6.45, 7) is 0. The van der Waals surface area contributed by atoms with Gasteiger partial charge in [-0.05, 0) is 0 Å². The molecular formula is C2H2F4Na4O6P2. The van der Waals surface area contributed by atoms with Crippen molar-refractivity contribution in [2.75, 3.05) is 0 Å². The summed E-state index contributed by atoms with van der Waals surface area (Å²) >= 11 is 0. The van der Waals surface area contributed by atoms with Crippen LogP contribution in [0.4, 0.5) is 17.6 Å². The zero-order valence-corrected chi connectivity index (χ0v) is 19.8. The van der Waals surface area contributed by atoms with E-state index in [0.717, 1.165) is 0 Å². The monoisotopic (exact) mass is 352 g/mol. The van der Waals surface area contributed by atoms with E-state index in [4.69, 9.17) is 28.7 Å². The topological polar surface area (TPSA) is 126 Å². The average Bonchev–Trinajstić information content (AvgIpc) is 1.83. The van der Waals surface area contributed by atoms with Crippen LogP contribution in [0.2, 0.25) is 0 Å². The normalized spacial score (nSPS) is 9.89. The third-order valence-electron chi connectivity index (χ3n) is 0.478. The molecule has 0 saturated heterocycles. The van der Waals surface area contributed by atoms with Crippen molar-refractivity contribution in [3.63, 3.8) is 0 Å². The maximum Gasteiger partial charge on any atom is 1.00 e. The predicted molar refractivity (Wildman–Crippen MR) is 27.2 cm³/mol. The van der Waals surface area contributed by atoms with Crippen molar-refractivity contribution in [3.05, 3.63) is 0 Å². The SMILES string of the molecule is O=P([O-])([O-])C(F)F.O=P([O-])([O-])C(F)F.[Na+].[Na+].[Na+].[Na+]. The molecule has 0 aliphatic heterocycles. The molecule has 0 N–H and O–H groups in total. The maximum atomic E-state index is 10.7. The summed E-state index contributed by atoms with van der Waals surface area (Å²) in [4.78, 5) is 36.2. The quantitative estimate of drug-likeness (QED) is 0.276. The molecule has 0 atom stereocenters. The molecule has 0 unspecified atom stereocenters. The van der Waals surface area contributed by atoms with E-state index in [-0.39, 0.29) is 118 Å². The third-order valence-corrected chi connectivity index (χ3v) is 1.43. The fraction of sp³-hybridized carbons (Fsp3) is 1.00. The Morgan fingerprint density at radius 1 is 0.611 bits per heavy atom. The number of hydrogen-bond acceptors (Lipinski definition) is 6. The van der Waals surface area contributed by atoms with Gasteiger partial charge in [-0.25, -0.2) is 17.6 Å². The molecule has 0 saturated carbocycles. The van der Waals surface area contributed by atoms with Crippen LogP contribution in [-0.4, -0.2) is 12.3 Å². The largest absolute Gasteiger partial charge is 1.00 e. The van der Waals surface area contributed by atoms with Crippen LogP contribution in [0.15, 0.2) is 0 Å². The molecule has 18 heavy (non-hydrogen) atoms. The first-order chi connectivity index (χ1) is 5.89. The Morgan fingerprint density at radius 3 is 0.667 bits per heavy atom. The molecule has 88 valence electrons. The first-order valence-electron chi connectivity index (χ1n) is 2.48. The van der Waals surface area contributed by atoms with E-state index in [1.165, 1.54) is 0 Å². The second-order valence-corrected chi connectivity index (χ2v) is 4.58. The summed E-state index contributed by atoms with van der Waals surface area (Å²) in [5.41, 5.74) is 0. The summed E-state index contributed by atoms with van der Waals surface area (Å²) < 4.78 is 60.7. The Bertz CT molecular complexity index is 230. The average molecular weight is 352 g/mol. The van der Waals surface area contributed by atoms with E-state index < -0.39 is 27.5 Å². The van der Waals surface area contributed by atoms with E-state index in [0.29, 0.717) is 0 Å². The molecule has 0 aliphatic rings. The first-order valence-corrected chi connectivity index (χ1v) is 5.71. The van der Waals surface area contributed by atoms with Crippen LogP contribution in [-0.2, 0) is 9.13 Å². The van der Waals surface area contributed by atoms with Crippen LogP contribution < -0.4 is 138 Å². The van der Waals surface area contributed by atoms with E-state index >= 15 is 0 Å². The Hall–Kier alpha value is 4.02. The molecule has 6 nitrogen and oxygen atoms in total. The summed E-state index contributed by atoms with van der Waals surface area (Å²) in [5.74, 6) is 0. The fourth-order valence-corrected chi connectivity index (χ4v) is 0. The Kier molecular flexibility index (Phi) is 36.6. The van der Waals surface area contributed by atoms with Crippen molar-refractivity contribution in [2.24, 2.45) is 0 Å². The van der Waals surface area contributed by atoms with Gasteiger partial charge in [0.1, 0.15) is 0 Å². The second kappa shape index (κ2) is 17.4. The van der Waals surface area contributed by atoms with Crippen LogP contribution in [0.3, 0.4) is 0 Å². The predicted octanol–water partition coefficient (Wildman–Crippen LogP) is -13.7. The molecule has 0 spiro atoms. The number of hydrogen-bond donors (Lipinski definition) is 0. The molecule has 0 radical (unpaired) electrons. The van der Waals surface area contributed by atoms with Crippen LogP contribution in [0.1, 0.15) is 0 Å². The van der Waals surface area contributed by atoms with Crippen molar-refractivity contribution in [2.45, 2.75) is 12.3 Å². The molecule has 0 bridgehead atoms. The van der Waals surface area contributed by atoms with Gasteiger partial charge in [0.15, 0.2) is 0 Å². The molecule has 0 amide bonds. The van der Waals surface area contributed by atoms with Gasteiger partial charge in [0, 0.05) is 15.2 Å². The van der Waals surface area contributed by atoms with Gasteiger partial charge in [-0.1, -0.05) is 0 Å². The minimum atomic E-state index is -5.57. The van der Waals surface area contributed by atoms with Crippen LogP contribution in [0.5, 0.6) is 0 Å². The fourth-order valence-electron chi connectivity index (χ4n) is 0. The molecule has 0 aromatic heterocycles. The smallest absolute Gasteiger partial charge is 0.807 e. The minimum absolute atomic E-state index is 0. The molecule has 0 rings (SSSR count). The van der Waals surface area contributed by atoms with Crippen LogP contribution in [0.25, 0.3) is 0 Å². The summed E-state index contributed by atoms with van der Waals surface area (Å²) in [7, 11) is -11.1. The Balaban J connectivity index is -0.0000000327. The van der Waals surface area contributed by atoms with Crippen LogP contribution >= 0.6 is 15.2 Å². The standard InChI is InChI=1S/2CH3F2O3P.4Na/c2*2-1(3)7(4,5)6;;;;/h2*1H,(H2,4,5,6);;;;/q;;4*+1/p-4. The molecule has 0 fully saturated rings. The zero-order chi connectivity index (χ0) is 12.2. The van der Waals surface area contributed by atoms with Crippen molar-refractivity contribution < 1.29 is 164 Å². The van der Waals surface area contributed by atoms with Gasteiger partial charge >= 0.3 is 118 Å². The Morgan fingerprint density at radius 2 is 0.667 bits per heavy atom. The van der Waals surface area contributed by atoms with E-state index in [9.17, 15) is 17.6 Å². The molecular weight excluding hydrogens is 350 g/mol. The molecule has 0 heterocycles. The first kappa shape index (κ1) is 37.9. The summed E-state index contributed by atoms with van der Waals surface area (Å²) in [6.07, 6.45) is -7.51. The van der Waals surface area contributed by atoms with Gasteiger partial charge in [0.25, 0.3) is 12.3 Å². The van der Waals surface area contributed by atoms with Gasteiger partial charge in [0.2, 0.25) is 0 Å². The number of rotatable bonds is 2. The van der Waals surface area contributed by atoms with E-state index in [2.05, 4.69) is 0 Å². The molecule has 0 aromatic carbocycles. The molecule has 0 aliphatic carbocycles. The van der Waals surface area contributed by atoms with E-state index in [1.54, 1.807) is 0 Å². The van der Waals surface area contributed by atoms with Gasteiger partial charge in [-0.3, -0.25) is 0 Å². The van der Waals surface area contributed by atoms with E-state index in [1.807, 2.05) is 0 Å². The van der Waals surface area contributed by atoms with Crippen molar-refractivity contribution in [3.8, 4) is 0 Å². The summed E-state index contributed by atoms with van der Waals surface area (Å²) in [5, 5.41) is 0. The van der Waals surface area contributed by atoms with Crippen molar-refractivity contribution in [1.82, 2.24) is 0 Å². The second-order valence-electron chi connectivity index (χ2n) is 1.63. The zero-order valence-electron chi connectivity index (χ0n) is 10.0. The molecule has 16 heteroatoms. The minimum Gasteiger partial charge on any atom is -0.807 e. The van der Waals surface area contributed by atoms with Gasteiger partial charge in [0.05, 0.1) is 0 Å². The van der Waals surface area contributed by atoms with Gasteiger partial charge in [-0.2, -0.15) is 0 Å². The van der Waals surface area contributed by atoms with Gasteiger partial charge < -0.3 is 28.7 Å². The van der Waals surface area contributed by atoms with Crippen LogP contribution in [0, 0.1) is 0 Å². The maximum absolute atomic E-state index is 10.7. The number of halogens is 4. The van der Waals surface area contributed by atoms with Crippen molar-refractivity contribution >= 4 is 15.2 Å². The summed E-state index contributed by atoms with van der Waals surface area (Å²) in [6, 6.07) is 0. The third kappa shape index (κ3) is 28.2. The Labute approximate surface area is 189 Å². The van der Waals surface area contributed by atoms with Crippen molar-refractivity contribution in [1.29, 1.82) is 0 Å².